The van der Waals surface area contributed by atoms with Gasteiger partial charge in [0.2, 0.25) is 5.91 Å². The first-order valence-electron chi connectivity index (χ1n) is 10.9. The number of allylic oxidation sites excluding steroid dienone is 4. The van der Waals surface area contributed by atoms with Crippen molar-refractivity contribution in [2.24, 2.45) is 22.7 Å². The topological polar surface area (TPSA) is 63.7 Å². The van der Waals surface area contributed by atoms with Crippen LogP contribution in [-0.4, -0.2) is 48.7 Å². The fraction of sp³-hybridized carbons (Fsp3) is 0.708. The summed E-state index contributed by atoms with van der Waals surface area (Å²) in [4.78, 5) is 41.1. The Kier molecular flexibility index (Phi) is 5.09. The number of carbonyl (C=O) groups is 3. The van der Waals surface area contributed by atoms with Gasteiger partial charge in [0, 0.05) is 25.9 Å². The van der Waals surface area contributed by atoms with Crippen molar-refractivity contribution in [3.63, 3.8) is 0 Å². The van der Waals surface area contributed by atoms with Crippen LogP contribution in [0.25, 0.3) is 0 Å². The quantitative estimate of drug-likeness (QED) is 0.667. The average Bonchev–Trinajstić information content (AvgIpc) is 2.61. The smallest absolute Gasteiger partial charge is 0.233 e. The van der Waals surface area contributed by atoms with E-state index in [4.69, 9.17) is 4.74 Å². The molecule has 0 N–H and O–H groups in total. The van der Waals surface area contributed by atoms with Gasteiger partial charge in [-0.3, -0.25) is 14.4 Å². The van der Waals surface area contributed by atoms with Gasteiger partial charge in [-0.25, -0.2) is 0 Å². The molecule has 29 heavy (non-hydrogen) atoms. The highest BCUT2D eigenvalue weighted by Crippen LogP contribution is 2.47. The number of Topliss-reactive ketones (excluding diaryl/α,β-unsaturated/α-hetero) is 2. The van der Waals surface area contributed by atoms with Crippen LogP contribution in [0.1, 0.15) is 59.8 Å². The summed E-state index contributed by atoms with van der Waals surface area (Å²) >= 11 is 0. The number of ketones is 2. The van der Waals surface area contributed by atoms with Crippen LogP contribution in [0.2, 0.25) is 0 Å². The maximum atomic E-state index is 13.2. The van der Waals surface area contributed by atoms with Gasteiger partial charge in [-0.15, -0.1) is 0 Å². The zero-order valence-electron chi connectivity index (χ0n) is 18.2. The standard InChI is InChI=1S/C24H33NO4/c1-15-9-16(2)20(17(3)10-15)21-18(26)11-24(12-19(21)27)5-7-25(8-6-24)22(28)23(4)13-29-14-23/h9,17,21H,5-8,10-14H2,1-4H3. The number of hydrogen-bond acceptors (Lipinski definition) is 4. The lowest BCUT2D eigenvalue weighted by atomic mass is 9.61. The summed E-state index contributed by atoms with van der Waals surface area (Å²) in [5, 5.41) is 0. The fourth-order valence-corrected chi connectivity index (χ4v) is 5.99. The SMILES string of the molecule is CC1=CC(C)=C(C2C(=O)CC3(CCN(C(=O)C4(C)COC4)CC3)CC2=O)C(C)C1. The Morgan fingerprint density at radius 3 is 2.17 bits per heavy atom. The molecule has 2 heterocycles. The summed E-state index contributed by atoms with van der Waals surface area (Å²) in [5.74, 6) is 0.0375. The van der Waals surface area contributed by atoms with Crippen LogP contribution < -0.4 is 0 Å². The third-order valence-electron chi connectivity index (χ3n) is 7.60. The van der Waals surface area contributed by atoms with Gasteiger partial charge in [-0.1, -0.05) is 24.1 Å². The molecule has 4 rings (SSSR count). The Morgan fingerprint density at radius 2 is 1.69 bits per heavy atom. The van der Waals surface area contributed by atoms with Crippen molar-refractivity contribution in [3.05, 3.63) is 22.8 Å². The molecule has 1 atom stereocenters. The predicted molar refractivity (Wildman–Crippen MR) is 110 cm³/mol. The highest BCUT2D eigenvalue weighted by atomic mass is 16.5. The lowest BCUT2D eigenvalue weighted by Gasteiger charge is -2.48. The van der Waals surface area contributed by atoms with Gasteiger partial charge in [0.05, 0.1) is 24.5 Å². The van der Waals surface area contributed by atoms with Crippen molar-refractivity contribution in [2.45, 2.75) is 59.8 Å². The molecular formula is C24H33NO4. The predicted octanol–water partition coefficient (Wildman–Crippen LogP) is 3.48. The van der Waals surface area contributed by atoms with Crippen LogP contribution in [0.3, 0.4) is 0 Å². The normalized spacial score (nSPS) is 29.7. The van der Waals surface area contributed by atoms with Gasteiger partial charge in [0.25, 0.3) is 0 Å². The third kappa shape index (κ3) is 3.52. The van der Waals surface area contributed by atoms with Gasteiger partial charge in [-0.2, -0.15) is 0 Å². The minimum absolute atomic E-state index is 0.0922. The minimum atomic E-state index is -0.550. The van der Waals surface area contributed by atoms with Crippen LogP contribution in [0.15, 0.2) is 22.8 Å². The van der Waals surface area contributed by atoms with E-state index in [9.17, 15) is 14.4 Å². The molecule has 0 radical (unpaired) electrons. The number of amides is 1. The van der Waals surface area contributed by atoms with Crippen LogP contribution in [0, 0.1) is 22.7 Å². The van der Waals surface area contributed by atoms with E-state index in [1.807, 2.05) is 18.7 Å². The Hall–Kier alpha value is -1.75. The number of ether oxygens (including phenoxy) is 1. The van der Waals surface area contributed by atoms with E-state index in [0.29, 0.717) is 39.1 Å². The summed E-state index contributed by atoms with van der Waals surface area (Å²) in [6.07, 6.45) is 5.48. The number of hydrogen-bond donors (Lipinski definition) is 0. The van der Waals surface area contributed by atoms with Crippen molar-refractivity contribution < 1.29 is 19.1 Å². The maximum absolute atomic E-state index is 13.2. The highest BCUT2D eigenvalue weighted by Gasteiger charge is 2.50. The molecule has 2 aliphatic carbocycles. The molecular weight excluding hydrogens is 366 g/mol. The molecule has 0 aromatic heterocycles. The molecule has 2 aliphatic heterocycles. The van der Waals surface area contributed by atoms with E-state index >= 15 is 0 Å². The van der Waals surface area contributed by atoms with Gasteiger partial charge in [0.15, 0.2) is 0 Å². The molecule has 0 aromatic rings. The Bertz CT molecular complexity index is 789. The third-order valence-corrected chi connectivity index (χ3v) is 7.60. The van der Waals surface area contributed by atoms with Crippen LogP contribution in [0.4, 0.5) is 0 Å². The van der Waals surface area contributed by atoms with E-state index in [-0.39, 0.29) is 34.2 Å². The second kappa shape index (κ2) is 7.19. The molecule has 1 spiro atoms. The van der Waals surface area contributed by atoms with E-state index in [0.717, 1.165) is 30.4 Å². The largest absolute Gasteiger partial charge is 0.379 e. The molecule has 4 aliphatic rings. The van der Waals surface area contributed by atoms with Crippen molar-refractivity contribution in [2.75, 3.05) is 26.3 Å². The first-order chi connectivity index (χ1) is 13.6. The monoisotopic (exact) mass is 399 g/mol. The van der Waals surface area contributed by atoms with E-state index in [1.165, 1.54) is 5.57 Å². The molecule has 1 saturated carbocycles. The van der Waals surface area contributed by atoms with Crippen molar-refractivity contribution in [1.82, 2.24) is 4.90 Å². The summed E-state index contributed by atoms with van der Waals surface area (Å²) in [6.45, 7) is 10.5. The second-order valence-corrected chi connectivity index (χ2v) is 10.3. The van der Waals surface area contributed by atoms with Crippen LogP contribution in [0.5, 0.6) is 0 Å². The average molecular weight is 400 g/mol. The lowest BCUT2D eigenvalue weighted by molar-refractivity contribution is -0.171. The maximum Gasteiger partial charge on any atom is 0.233 e. The first kappa shape index (κ1) is 20.5. The van der Waals surface area contributed by atoms with Crippen LogP contribution >= 0.6 is 0 Å². The molecule has 5 nitrogen and oxygen atoms in total. The summed E-state index contributed by atoms with van der Waals surface area (Å²) in [6, 6.07) is 0. The number of carbonyl (C=O) groups excluding carboxylic acids is 3. The fourth-order valence-electron chi connectivity index (χ4n) is 5.99. The lowest BCUT2D eigenvalue weighted by Crippen LogP contribution is -2.57. The molecule has 5 heteroatoms. The number of rotatable bonds is 2. The summed E-state index contributed by atoms with van der Waals surface area (Å²) < 4.78 is 5.24. The Morgan fingerprint density at radius 1 is 1.10 bits per heavy atom. The Balaban J connectivity index is 1.46. The summed E-state index contributed by atoms with van der Waals surface area (Å²) in [7, 11) is 0. The molecule has 1 unspecified atom stereocenters. The Labute approximate surface area is 173 Å². The zero-order chi connectivity index (χ0) is 21.0. The molecule has 1 amide bonds. The first-order valence-corrected chi connectivity index (χ1v) is 10.9. The van der Waals surface area contributed by atoms with E-state index < -0.39 is 5.92 Å². The second-order valence-electron chi connectivity index (χ2n) is 10.3. The zero-order valence-corrected chi connectivity index (χ0v) is 18.2. The number of likely N-dealkylation sites (tertiary alicyclic amines) is 1. The number of nitrogens with zero attached hydrogens (tertiary/aromatic N) is 1. The van der Waals surface area contributed by atoms with Gasteiger partial charge in [0.1, 0.15) is 11.6 Å². The van der Waals surface area contributed by atoms with Crippen LogP contribution in [-0.2, 0) is 19.1 Å². The van der Waals surface area contributed by atoms with E-state index in [2.05, 4.69) is 19.9 Å². The molecule has 2 saturated heterocycles. The van der Waals surface area contributed by atoms with Crippen molar-refractivity contribution in [3.8, 4) is 0 Å². The van der Waals surface area contributed by atoms with Crippen molar-refractivity contribution >= 4 is 17.5 Å². The highest BCUT2D eigenvalue weighted by molar-refractivity contribution is 6.08. The minimum Gasteiger partial charge on any atom is -0.379 e. The molecule has 3 fully saturated rings. The van der Waals surface area contributed by atoms with Gasteiger partial charge in [-0.05, 0) is 56.9 Å². The molecule has 0 bridgehead atoms. The molecule has 158 valence electrons. The summed E-state index contributed by atoms with van der Waals surface area (Å²) in [5.41, 5.74) is 2.82. The van der Waals surface area contributed by atoms with Crippen molar-refractivity contribution in [1.29, 1.82) is 0 Å². The van der Waals surface area contributed by atoms with E-state index in [1.54, 1.807) is 0 Å². The van der Waals surface area contributed by atoms with Gasteiger partial charge >= 0.3 is 0 Å². The number of piperidine rings is 1. The van der Waals surface area contributed by atoms with Gasteiger partial charge < -0.3 is 9.64 Å². The molecule has 0 aromatic carbocycles.